The standard InChI is InChI=1S/C15H11N3O3/c1-2-18-8-10(7-16)11-5-9(3-4-13(11)18)14-6-12(15(19)20)17-21-14/h3-6,8H,2H2,1H3,(H,19,20). The van der Waals surface area contributed by atoms with Crippen LogP contribution in [-0.2, 0) is 6.54 Å². The molecule has 0 saturated heterocycles. The van der Waals surface area contributed by atoms with Gasteiger partial charge in [-0.15, -0.1) is 0 Å². The number of fused-ring (bicyclic) bond motifs is 1. The van der Waals surface area contributed by atoms with E-state index in [9.17, 15) is 10.1 Å². The number of carbonyl (C=O) groups is 1. The van der Waals surface area contributed by atoms with Crippen LogP contribution in [-0.4, -0.2) is 20.8 Å². The van der Waals surface area contributed by atoms with E-state index >= 15 is 0 Å². The number of rotatable bonds is 3. The third-order valence-corrected chi connectivity index (χ3v) is 3.36. The van der Waals surface area contributed by atoms with E-state index in [0.717, 1.165) is 17.4 Å². The number of benzene rings is 1. The Morgan fingerprint density at radius 1 is 1.48 bits per heavy atom. The fraction of sp³-hybridized carbons (Fsp3) is 0.133. The van der Waals surface area contributed by atoms with Crippen LogP contribution in [0.3, 0.4) is 0 Å². The summed E-state index contributed by atoms with van der Waals surface area (Å²) in [7, 11) is 0. The normalized spacial score (nSPS) is 10.7. The monoisotopic (exact) mass is 281 g/mol. The summed E-state index contributed by atoms with van der Waals surface area (Å²) in [5.41, 5.74) is 2.08. The molecule has 0 atom stereocenters. The molecule has 21 heavy (non-hydrogen) atoms. The highest BCUT2D eigenvalue weighted by molar-refractivity contribution is 5.91. The van der Waals surface area contributed by atoms with Crippen molar-refractivity contribution in [2.45, 2.75) is 13.5 Å². The largest absolute Gasteiger partial charge is 0.476 e. The van der Waals surface area contributed by atoms with E-state index in [1.807, 2.05) is 29.7 Å². The van der Waals surface area contributed by atoms with Crippen LogP contribution < -0.4 is 0 Å². The molecule has 2 aromatic heterocycles. The molecule has 0 bridgehead atoms. The first-order chi connectivity index (χ1) is 10.1. The van der Waals surface area contributed by atoms with Gasteiger partial charge in [-0.25, -0.2) is 4.79 Å². The molecule has 0 spiro atoms. The lowest BCUT2D eigenvalue weighted by molar-refractivity contribution is 0.0686. The van der Waals surface area contributed by atoms with Crippen LogP contribution in [0.4, 0.5) is 0 Å². The van der Waals surface area contributed by atoms with Gasteiger partial charge in [0.05, 0.1) is 5.56 Å². The van der Waals surface area contributed by atoms with E-state index in [-0.39, 0.29) is 5.69 Å². The van der Waals surface area contributed by atoms with E-state index in [1.54, 1.807) is 6.20 Å². The molecular formula is C15H11N3O3. The lowest BCUT2D eigenvalue weighted by Crippen LogP contribution is -1.94. The van der Waals surface area contributed by atoms with E-state index in [0.29, 0.717) is 16.9 Å². The minimum absolute atomic E-state index is 0.142. The number of carboxylic acid groups (broad SMARTS) is 1. The number of aryl methyl sites for hydroxylation is 1. The SMILES string of the molecule is CCn1cc(C#N)c2cc(-c3cc(C(=O)O)no3)ccc21. The predicted molar refractivity (Wildman–Crippen MR) is 74.8 cm³/mol. The highest BCUT2D eigenvalue weighted by atomic mass is 16.5. The van der Waals surface area contributed by atoms with Crippen molar-refractivity contribution in [2.24, 2.45) is 0 Å². The van der Waals surface area contributed by atoms with Crippen LogP contribution in [0.2, 0.25) is 0 Å². The third kappa shape index (κ3) is 2.05. The van der Waals surface area contributed by atoms with Crippen molar-refractivity contribution in [3.05, 3.63) is 41.7 Å². The molecule has 0 amide bonds. The lowest BCUT2D eigenvalue weighted by atomic mass is 10.1. The van der Waals surface area contributed by atoms with Crippen LogP contribution in [0.1, 0.15) is 23.0 Å². The van der Waals surface area contributed by atoms with Gasteiger partial charge in [0.25, 0.3) is 0 Å². The molecular weight excluding hydrogens is 270 g/mol. The van der Waals surface area contributed by atoms with Gasteiger partial charge < -0.3 is 14.2 Å². The fourth-order valence-corrected chi connectivity index (χ4v) is 2.31. The third-order valence-electron chi connectivity index (χ3n) is 3.36. The summed E-state index contributed by atoms with van der Waals surface area (Å²) < 4.78 is 7.03. The Morgan fingerprint density at radius 3 is 2.90 bits per heavy atom. The first-order valence-electron chi connectivity index (χ1n) is 6.37. The summed E-state index contributed by atoms with van der Waals surface area (Å²) in [6.45, 7) is 2.77. The van der Waals surface area contributed by atoms with Crippen LogP contribution in [0.15, 0.2) is 35.0 Å². The second-order valence-electron chi connectivity index (χ2n) is 4.55. The molecule has 0 aliphatic rings. The molecule has 3 aromatic rings. The summed E-state index contributed by atoms with van der Waals surface area (Å²) in [5.74, 6) is -0.775. The fourth-order valence-electron chi connectivity index (χ4n) is 2.31. The number of hydrogen-bond donors (Lipinski definition) is 1. The van der Waals surface area contributed by atoms with Crippen LogP contribution >= 0.6 is 0 Å². The second-order valence-corrected chi connectivity index (χ2v) is 4.55. The van der Waals surface area contributed by atoms with Gasteiger partial charge in [0.15, 0.2) is 11.5 Å². The van der Waals surface area contributed by atoms with E-state index in [1.165, 1.54) is 6.07 Å². The quantitative estimate of drug-likeness (QED) is 0.796. The molecule has 0 saturated carbocycles. The predicted octanol–water partition coefficient (Wildman–Crippen LogP) is 2.89. The van der Waals surface area contributed by atoms with E-state index in [4.69, 9.17) is 9.63 Å². The van der Waals surface area contributed by atoms with Gasteiger partial charge in [-0.05, 0) is 25.1 Å². The van der Waals surface area contributed by atoms with Crippen molar-refractivity contribution in [1.29, 1.82) is 5.26 Å². The summed E-state index contributed by atoms with van der Waals surface area (Å²) in [6, 6.07) is 9.05. The number of carboxylic acids is 1. The van der Waals surface area contributed by atoms with E-state index < -0.39 is 5.97 Å². The zero-order valence-corrected chi connectivity index (χ0v) is 11.2. The Morgan fingerprint density at radius 2 is 2.29 bits per heavy atom. The number of aromatic nitrogens is 2. The van der Waals surface area contributed by atoms with Gasteiger partial charge in [0, 0.05) is 35.3 Å². The van der Waals surface area contributed by atoms with Crippen LogP contribution in [0, 0.1) is 11.3 Å². The number of aromatic carboxylic acids is 1. The Balaban J connectivity index is 2.16. The molecule has 104 valence electrons. The maximum absolute atomic E-state index is 10.8. The average Bonchev–Trinajstić information content (AvgIpc) is 3.11. The highest BCUT2D eigenvalue weighted by Gasteiger charge is 2.14. The first-order valence-corrected chi connectivity index (χ1v) is 6.37. The molecule has 0 aliphatic heterocycles. The average molecular weight is 281 g/mol. The minimum atomic E-state index is -1.14. The van der Waals surface area contributed by atoms with Gasteiger partial charge in [-0.2, -0.15) is 5.26 Å². The number of nitrogens with zero attached hydrogens (tertiary/aromatic N) is 3. The zero-order valence-electron chi connectivity index (χ0n) is 11.2. The Bertz CT molecular complexity index is 883. The van der Waals surface area contributed by atoms with Crippen molar-refractivity contribution >= 4 is 16.9 Å². The molecule has 2 heterocycles. The van der Waals surface area contributed by atoms with Crippen molar-refractivity contribution in [3.8, 4) is 17.4 Å². The van der Waals surface area contributed by atoms with Gasteiger partial charge in [0.1, 0.15) is 6.07 Å². The topological polar surface area (TPSA) is 92.0 Å². The summed E-state index contributed by atoms with van der Waals surface area (Å²) in [5, 5.41) is 22.4. The first kappa shape index (κ1) is 12.9. The lowest BCUT2D eigenvalue weighted by Gasteiger charge is -2.01. The maximum Gasteiger partial charge on any atom is 0.358 e. The van der Waals surface area contributed by atoms with Crippen LogP contribution in [0.25, 0.3) is 22.2 Å². The molecule has 6 heteroatoms. The summed E-state index contributed by atoms with van der Waals surface area (Å²) in [6.07, 6.45) is 1.80. The minimum Gasteiger partial charge on any atom is -0.476 e. The zero-order chi connectivity index (χ0) is 15.0. The molecule has 1 N–H and O–H groups in total. The molecule has 1 aromatic carbocycles. The summed E-state index contributed by atoms with van der Waals surface area (Å²) in [4.78, 5) is 10.8. The molecule has 6 nitrogen and oxygen atoms in total. The molecule has 0 radical (unpaired) electrons. The molecule has 0 aliphatic carbocycles. The van der Waals surface area contributed by atoms with Gasteiger partial charge in [-0.1, -0.05) is 5.16 Å². The van der Waals surface area contributed by atoms with Crippen molar-refractivity contribution in [1.82, 2.24) is 9.72 Å². The Labute approximate surface area is 119 Å². The smallest absolute Gasteiger partial charge is 0.358 e. The van der Waals surface area contributed by atoms with E-state index in [2.05, 4.69) is 11.2 Å². The molecule has 3 rings (SSSR count). The van der Waals surface area contributed by atoms with Gasteiger partial charge >= 0.3 is 5.97 Å². The Hall–Kier alpha value is -3.07. The van der Waals surface area contributed by atoms with Gasteiger partial charge in [-0.3, -0.25) is 0 Å². The van der Waals surface area contributed by atoms with Gasteiger partial charge in [0.2, 0.25) is 0 Å². The van der Waals surface area contributed by atoms with Crippen molar-refractivity contribution < 1.29 is 14.4 Å². The Kier molecular flexibility index (Phi) is 2.95. The molecule has 0 fully saturated rings. The second kappa shape index (κ2) is 4.80. The molecule has 0 unspecified atom stereocenters. The maximum atomic E-state index is 10.8. The summed E-state index contributed by atoms with van der Waals surface area (Å²) >= 11 is 0. The van der Waals surface area contributed by atoms with Crippen LogP contribution in [0.5, 0.6) is 0 Å². The number of nitriles is 1. The number of hydrogen-bond acceptors (Lipinski definition) is 4. The van der Waals surface area contributed by atoms with Crippen molar-refractivity contribution in [3.63, 3.8) is 0 Å². The van der Waals surface area contributed by atoms with Crippen molar-refractivity contribution in [2.75, 3.05) is 0 Å². The highest BCUT2D eigenvalue weighted by Crippen LogP contribution is 2.28.